The van der Waals surface area contributed by atoms with E-state index in [-0.39, 0.29) is 0 Å². The SMILES string of the molecule is CCOCCNC(=NC)NCC(C)C. The van der Waals surface area contributed by atoms with Crippen LogP contribution >= 0.6 is 0 Å². The molecule has 4 nitrogen and oxygen atoms in total. The summed E-state index contributed by atoms with van der Waals surface area (Å²) in [7, 11) is 1.77. The molecule has 0 bridgehead atoms. The number of guanidine groups is 1. The molecule has 0 aliphatic carbocycles. The number of hydrogen-bond acceptors (Lipinski definition) is 2. The topological polar surface area (TPSA) is 45.6 Å². The van der Waals surface area contributed by atoms with E-state index in [1.54, 1.807) is 7.05 Å². The molecule has 0 heterocycles. The fourth-order valence-corrected chi connectivity index (χ4v) is 0.907. The van der Waals surface area contributed by atoms with E-state index < -0.39 is 0 Å². The quantitative estimate of drug-likeness (QED) is 0.380. The Morgan fingerprint density at radius 3 is 2.57 bits per heavy atom. The number of nitrogens with zero attached hydrogens (tertiary/aromatic N) is 1. The molecular formula is C10H23N3O. The molecule has 0 saturated carbocycles. The molecule has 4 heteroatoms. The van der Waals surface area contributed by atoms with Gasteiger partial charge in [0.25, 0.3) is 0 Å². The summed E-state index contributed by atoms with van der Waals surface area (Å²) in [6, 6.07) is 0. The number of nitrogens with one attached hydrogen (secondary N) is 2. The van der Waals surface area contributed by atoms with Crippen LogP contribution in [0.2, 0.25) is 0 Å². The van der Waals surface area contributed by atoms with Crippen LogP contribution in [-0.4, -0.2) is 39.3 Å². The Bertz CT molecular complexity index is 157. The third-order valence-electron chi connectivity index (χ3n) is 1.64. The van der Waals surface area contributed by atoms with Crippen molar-refractivity contribution in [3.63, 3.8) is 0 Å². The van der Waals surface area contributed by atoms with Crippen molar-refractivity contribution in [1.82, 2.24) is 10.6 Å². The standard InChI is InChI=1S/C10H23N3O/c1-5-14-7-6-12-10(11-4)13-8-9(2)3/h9H,5-8H2,1-4H3,(H2,11,12,13). The second kappa shape index (κ2) is 8.81. The third kappa shape index (κ3) is 7.86. The lowest BCUT2D eigenvalue weighted by Crippen LogP contribution is -2.40. The first-order chi connectivity index (χ1) is 6.70. The van der Waals surface area contributed by atoms with Crippen molar-refractivity contribution in [2.45, 2.75) is 20.8 Å². The predicted octanol–water partition coefficient (Wildman–Crippen LogP) is 0.844. The van der Waals surface area contributed by atoms with E-state index in [1.165, 1.54) is 0 Å². The average Bonchev–Trinajstić information content (AvgIpc) is 2.16. The molecule has 0 unspecified atom stereocenters. The monoisotopic (exact) mass is 201 g/mol. The molecule has 84 valence electrons. The van der Waals surface area contributed by atoms with Gasteiger partial charge in [-0.05, 0) is 12.8 Å². The minimum atomic E-state index is 0.625. The van der Waals surface area contributed by atoms with Gasteiger partial charge in [-0.15, -0.1) is 0 Å². The summed E-state index contributed by atoms with van der Waals surface area (Å²) >= 11 is 0. The number of aliphatic imine (C=N–C) groups is 1. The van der Waals surface area contributed by atoms with Gasteiger partial charge in [-0.3, -0.25) is 4.99 Å². The molecule has 2 N–H and O–H groups in total. The van der Waals surface area contributed by atoms with Crippen LogP contribution in [0.25, 0.3) is 0 Å². The maximum atomic E-state index is 5.21. The van der Waals surface area contributed by atoms with Gasteiger partial charge in [-0.2, -0.15) is 0 Å². The smallest absolute Gasteiger partial charge is 0.191 e. The van der Waals surface area contributed by atoms with E-state index in [9.17, 15) is 0 Å². The number of hydrogen-bond donors (Lipinski definition) is 2. The zero-order chi connectivity index (χ0) is 10.8. The highest BCUT2D eigenvalue weighted by Crippen LogP contribution is 1.86. The highest BCUT2D eigenvalue weighted by Gasteiger charge is 1.97. The molecule has 0 aromatic rings. The highest BCUT2D eigenvalue weighted by molar-refractivity contribution is 5.79. The van der Waals surface area contributed by atoms with Crippen LogP contribution in [-0.2, 0) is 4.74 Å². The summed E-state index contributed by atoms with van der Waals surface area (Å²) in [5, 5.41) is 6.40. The zero-order valence-corrected chi connectivity index (χ0v) is 9.76. The normalized spacial score (nSPS) is 11.9. The van der Waals surface area contributed by atoms with Gasteiger partial charge in [0.2, 0.25) is 0 Å². The van der Waals surface area contributed by atoms with E-state index in [1.807, 2.05) is 6.92 Å². The molecule has 0 aromatic carbocycles. The van der Waals surface area contributed by atoms with E-state index in [4.69, 9.17) is 4.74 Å². The van der Waals surface area contributed by atoms with Crippen LogP contribution in [0.15, 0.2) is 4.99 Å². The van der Waals surface area contributed by atoms with Gasteiger partial charge in [-0.1, -0.05) is 13.8 Å². The minimum Gasteiger partial charge on any atom is -0.380 e. The Morgan fingerprint density at radius 1 is 1.36 bits per heavy atom. The van der Waals surface area contributed by atoms with Crippen LogP contribution in [0.1, 0.15) is 20.8 Å². The molecule has 0 atom stereocenters. The first-order valence-electron chi connectivity index (χ1n) is 5.23. The van der Waals surface area contributed by atoms with E-state index >= 15 is 0 Å². The van der Waals surface area contributed by atoms with Crippen molar-refractivity contribution in [3.8, 4) is 0 Å². The molecule has 0 fully saturated rings. The lowest BCUT2D eigenvalue weighted by atomic mass is 10.2. The van der Waals surface area contributed by atoms with Crippen LogP contribution in [0.4, 0.5) is 0 Å². The van der Waals surface area contributed by atoms with Crippen LogP contribution < -0.4 is 10.6 Å². The first kappa shape index (κ1) is 13.2. The van der Waals surface area contributed by atoms with Gasteiger partial charge in [0.15, 0.2) is 5.96 Å². The molecule has 0 aliphatic rings. The fraction of sp³-hybridized carbons (Fsp3) is 0.900. The molecule has 0 radical (unpaired) electrons. The zero-order valence-electron chi connectivity index (χ0n) is 9.76. The van der Waals surface area contributed by atoms with Gasteiger partial charge < -0.3 is 15.4 Å². The number of ether oxygens (including phenoxy) is 1. The summed E-state index contributed by atoms with van der Waals surface area (Å²) < 4.78 is 5.21. The molecule has 0 aromatic heterocycles. The van der Waals surface area contributed by atoms with Crippen molar-refractivity contribution in [2.75, 3.05) is 33.4 Å². The fourth-order valence-electron chi connectivity index (χ4n) is 0.907. The van der Waals surface area contributed by atoms with Crippen molar-refractivity contribution in [1.29, 1.82) is 0 Å². The highest BCUT2D eigenvalue weighted by atomic mass is 16.5. The molecule has 0 saturated heterocycles. The van der Waals surface area contributed by atoms with Gasteiger partial charge in [0.1, 0.15) is 0 Å². The van der Waals surface area contributed by atoms with Crippen LogP contribution in [0.5, 0.6) is 0 Å². The Hall–Kier alpha value is -0.770. The summed E-state index contributed by atoms with van der Waals surface area (Å²) in [6.45, 7) is 9.55. The van der Waals surface area contributed by atoms with E-state index in [0.29, 0.717) is 5.92 Å². The van der Waals surface area contributed by atoms with Gasteiger partial charge >= 0.3 is 0 Å². The summed E-state index contributed by atoms with van der Waals surface area (Å²) in [5.41, 5.74) is 0. The largest absolute Gasteiger partial charge is 0.380 e. The summed E-state index contributed by atoms with van der Waals surface area (Å²) in [5.74, 6) is 1.47. The second-order valence-electron chi connectivity index (χ2n) is 3.47. The van der Waals surface area contributed by atoms with E-state index in [0.717, 1.165) is 32.3 Å². The molecular weight excluding hydrogens is 178 g/mol. The van der Waals surface area contributed by atoms with Crippen molar-refractivity contribution in [2.24, 2.45) is 10.9 Å². The second-order valence-corrected chi connectivity index (χ2v) is 3.47. The Labute approximate surface area is 87.1 Å². The number of rotatable bonds is 6. The van der Waals surface area contributed by atoms with Crippen LogP contribution in [0, 0.1) is 5.92 Å². The van der Waals surface area contributed by atoms with Gasteiger partial charge in [-0.25, -0.2) is 0 Å². The molecule has 0 amide bonds. The Morgan fingerprint density at radius 2 is 2.07 bits per heavy atom. The maximum absolute atomic E-state index is 5.21. The maximum Gasteiger partial charge on any atom is 0.191 e. The molecule has 0 spiro atoms. The lowest BCUT2D eigenvalue weighted by Gasteiger charge is -2.13. The van der Waals surface area contributed by atoms with Gasteiger partial charge in [0.05, 0.1) is 6.61 Å². The summed E-state index contributed by atoms with van der Waals surface area (Å²) in [6.07, 6.45) is 0. The molecule has 14 heavy (non-hydrogen) atoms. The Kier molecular flexibility index (Phi) is 8.33. The van der Waals surface area contributed by atoms with E-state index in [2.05, 4.69) is 29.5 Å². The average molecular weight is 201 g/mol. The first-order valence-corrected chi connectivity index (χ1v) is 5.23. The molecule has 0 rings (SSSR count). The van der Waals surface area contributed by atoms with Gasteiger partial charge in [0, 0.05) is 26.7 Å². The summed E-state index contributed by atoms with van der Waals surface area (Å²) in [4.78, 5) is 4.10. The predicted molar refractivity (Wildman–Crippen MR) is 60.7 cm³/mol. The minimum absolute atomic E-state index is 0.625. The third-order valence-corrected chi connectivity index (χ3v) is 1.64. The molecule has 0 aliphatic heterocycles. The Balaban J connectivity index is 3.49. The van der Waals surface area contributed by atoms with Crippen molar-refractivity contribution >= 4 is 5.96 Å². The van der Waals surface area contributed by atoms with Crippen molar-refractivity contribution in [3.05, 3.63) is 0 Å². The van der Waals surface area contributed by atoms with Crippen LogP contribution in [0.3, 0.4) is 0 Å². The van der Waals surface area contributed by atoms with Crippen molar-refractivity contribution < 1.29 is 4.74 Å². The lowest BCUT2D eigenvalue weighted by molar-refractivity contribution is 0.152.